The summed E-state index contributed by atoms with van der Waals surface area (Å²) in [5, 5.41) is 11.2. The van der Waals surface area contributed by atoms with Crippen molar-refractivity contribution in [2.24, 2.45) is 0 Å². The zero-order chi connectivity index (χ0) is 15.5. The third kappa shape index (κ3) is 7.31. The number of hydrogen-bond donors (Lipinski definition) is 4. The van der Waals surface area contributed by atoms with Gasteiger partial charge in [-0.25, -0.2) is 4.79 Å². The minimum absolute atomic E-state index is 0.198. The Morgan fingerprint density at radius 3 is 2.48 bits per heavy atom. The van der Waals surface area contributed by atoms with Gasteiger partial charge in [-0.15, -0.1) is 0 Å². The van der Waals surface area contributed by atoms with Crippen LogP contribution in [-0.4, -0.2) is 37.6 Å². The summed E-state index contributed by atoms with van der Waals surface area (Å²) in [5.41, 5.74) is 0.686. The number of carbonyl (C=O) groups is 2. The van der Waals surface area contributed by atoms with Crippen molar-refractivity contribution in [3.8, 4) is 0 Å². The summed E-state index contributed by atoms with van der Waals surface area (Å²) in [6, 6.07) is 8.11. The van der Waals surface area contributed by atoms with E-state index in [1.165, 1.54) is 0 Å². The van der Waals surface area contributed by atoms with Gasteiger partial charge in [-0.3, -0.25) is 4.79 Å². The molecular formula is C15H24N4O2. The van der Waals surface area contributed by atoms with Gasteiger partial charge in [0.15, 0.2) is 0 Å². The van der Waals surface area contributed by atoms with Crippen molar-refractivity contribution in [3.05, 3.63) is 30.3 Å². The molecule has 6 heteroatoms. The van der Waals surface area contributed by atoms with Crippen molar-refractivity contribution in [3.63, 3.8) is 0 Å². The monoisotopic (exact) mass is 292 g/mol. The molecule has 4 N–H and O–H groups in total. The highest BCUT2D eigenvalue weighted by Gasteiger charge is 2.14. The summed E-state index contributed by atoms with van der Waals surface area (Å²) in [6.07, 6.45) is 1.06. The van der Waals surface area contributed by atoms with Crippen LogP contribution >= 0.6 is 0 Å². The first-order valence-electron chi connectivity index (χ1n) is 7.24. The average Bonchev–Trinajstić information content (AvgIpc) is 2.47. The summed E-state index contributed by atoms with van der Waals surface area (Å²) in [6.45, 7) is 5.94. The Hall–Kier alpha value is -2.08. The lowest BCUT2D eigenvalue weighted by molar-refractivity contribution is -0.122. The smallest absolute Gasteiger partial charge is 0.319 e. The van der Waals surface area contributed by atoms with Crippen LogP contribution in [0.3, 0.4) is 0 Å². The Bertz CT molecular complexity index is 437. The van der Waals surface area contributed by atoms with E-state index in [0.29, 0.717) is 12.2 Å². The predicted octanol–water partition coefficient (Wildman–Crippen LogP) is 1.31. The molecule has 0 bridgehead atoms. The minimum Gasteiger partial charge on any atom is -0.353 e. The lowest BCUT2D eigenvalue weighted by Crippen LogP contribution is -2.47. The van der Waals surface area contributed by atoms with Crippen molar-refractivity contribution in [2.45, 2.75) is 26.3 Å². The zero-order valence-corrected chi connectivity index (χ0v) is 12.6. The maximum Gasteiger partial charge on any atom is 0.319 e. The third-order valence-corrected chi connectivity index (χ3v) is 2.80. The molecule has 21 heavy (non-hydrogen) atoms. The van der Waals surface area contributed by atoms with Crippen molar-refractivity contribution in [1.29, 1.82) is 0 Å². The summed E-state index contributed by atoms with van der Waals surface area (Å²) >= 11 is 0. The molecule has 3 amide bonds. The number of para-hydroxylation sites is 1. The van der Waals surface area contributed by atoms with Gasteiger partial charge in [-0.05, 0) is 32.0 Å². The van der Waals surface area contributed by atoms with E-state index < -0.39 is 12.1 Å². The number of anilines is 1. The Morgan fingerprint density at radius 1 is 1.10 bits per heavy atom. The topological polar surface area (TPSA) is 82.3 Å². The minimum atomic E-state index is -0.583. The molecule has 1 rings (SSSR count). The van der Waals surface area contributed by atoms with Crippen LogP contribution in [0.25, 0.3) is 0 Å². The van der Waals surface area contributed by atoms with Crippen LogP contribution in [-0.2, 0) is 4.79 Å². The number of nitrogens with one attached hydrogen (secondary N) is 4. The van der Waals surface area contributed by atoms with E-state index in [4.69, 9.17) is 0 Å². The van der Waals surface area contributed by atoms with Crippen molar-refractivity contribution in [2.75, 3.05) is 25.0 Å². The number of benzene rings is 1. The molecule has 0 saturated heterocycles. The number of urea groups is 1. The van der Waals surface area contributed by atoms with Gasteiger partial charge in [-0.2, -0.15) is 0 Å². The molecule has 0 fully saturated rings. The molecular weight excluding hydrogens is 268 g/mol. The molecule has 1 atom stereocenters. The van der Waals surface area contributed by atoms with Gasteiger partial charge in [-0.1, -0.05) is 25.1 Å². The first kappa shape index (κ1) is 17.0. The molecule has 1 aromatic rings. The van der Waals surface area contributed by atoms with Crippen molar-refractivity contribution < 1.29 is 9.59 Å². The van der Waals surface area contributed by atoms with Crippen LogP contribution in [0.4, 0.5) is 10.5 Å². The van der Waals surface area contributed by atoms with Crippen molar-refractivity contribution in [1.82, 2.24) is 16.0 Å². The first-order valence-corrected chi connectivity index (χ1v) is 7.24. The molecule has 0 aliphatic rings. The van der Waals surface area contributed by atoms with Crippen LogP contribution in [0.2, 0.25) is 0 Å². The standard InChI is InChI=1S/C15H24N4O2/c1-3-9-16-10-11-17-14(20)12(2)18-15(21)19-13-7-5-4-6-8-13/h4-8,12,16H,3,9-11H2,1-2H3,(H,17,20)(H2,18,19,21). The fourth-order valence-electron chi connectivity index (χ4n) is 1.68. The Labute approximate surface area is 125 Å². The van der Waals surface area contributed by atoms with E-state index in [0.717, 1.165) is 19.5 Å². The molecule has 6 nitrogen and oxygen atoms in total. The molecule has 0 aromatic heterocycles. The SMILES string of the molecule is CCCNCCNC(=O)C(C)NC(=O)Nc1ccccc1. The van der Waals surface area contributed by atoms with Gasteiger partial charge in [0.05, 0.1) is 0 Å². The highest BCUT2D eigenvalue weighted by molar-refractivity contribution is 5.93. The molecule has 1 aromatic carbocycles. The van der Waals surface area contributed by atoms with E-state index in [1.807, 2.05) is 18.2 Å². The van der Waals surface area contributed by atoms with Gasteiger partial charge in [0.1, 0.15) is 6.04 Å². The molecule has 0 spiro atoms. The van der Waals surface area contributed by atoms with E-state index in [2.05, 4.69) is 28.2 Å². The maximum atomic E-state index is 11.8. The molecule has 1 unspecified atom stereocenters. The van der Waals surface area contributed by atoms with Crippen LogP contribution in [0.5, 0.6) is 0 Å². The number of carbonyl (C=O) groups excluding carboxylic acids is 2. The van der Waals surface area contributed by atoms with Gasteiger partial charge >= 0.3 is 6.03 Å². The Kier molecular flexibility index (Phi) is 7.89. The molecule has 0 heterocycles. The summed E-state index contributed by atoms with van der Waals surface area (Å²) in [7, 11) is 0. The van der Waals surface area contributed by atoms with Crippen LogP contribution < -0.4 is 21.3 Å². The highest BCUT2D eigenvalue weighted by Crippen LogP contribution is 2.04. The maximum absolute atomic E-state index is 11.8. The number of amides is 3. The third-order valence-electron chi connectivity index (χ3n) is 2.80. The van der Waals surface area contributed by atoms with E-state index in [-0.39, 0.29) is 5.91 Å². The molecule has 0 radical (unpaired) electrons. The van der Waals surface area contributed by atoms with Gasteiger partial charge < -0.3 is 21.3 Å². The largest absolute Gasteiger partial charge is 0.353 e. The predicted molar refractivity (Wildman–Crippen MR) is 84.2 cm³/mol. The average molecular weight is 292 g/mol. The van der Waals surface area contributed by atoms with Crippen LogP contribution in [0, 0.1) is 0 Å². The van der Waals surface area contributed by atoms with E-state index in [9.17, 15) is 9.59 Å². The molecule has 116 valence electrons. The summed E-state index contributed by atoms with van der Waals surface area (Å²) in [5.74, 6) is -0.198. The first-order chi connectivity index (χ1) is 10.1. The lowest BCUT2D eigenvalue weighted by atomic mass is 10.3. The fraction of sp³-hybridized carbons (Fsp3) is 0.467. The summed E-state index contributed by atoms with van der Waals surface area (Å²) < 4.78 is 0. The normalized spacial score (nSPS) is 11.5. The van der Waals surface area contributed by atoms with E-state index in [1.54, 1.807) is 19.1 Å². The second-order valence-corrected chi connectivity index (χ2v) is 4.73. The summed E-state index contributed by atoms with van der Waals surface area (Å²) in [4.78, 5) is 23.5. The number of rotatable bonds is 8. The number of hydrogen-bond acceptors (Lipinski definition) is 3. The Morgan fingerprint density at radius 2 is 1.81 bits per heavy atom. The lowest BCUT2D eigenvalue weighted by Gasteiger charge is -2.15. The highest BCUT2D eigenvalue weighted by atomic mass is 16.2. The van der Waals surface area contributed by atoms with Crippen LogP contribution in [0.1, 0.15) is 20.3 Å². The molecule has 0 aliphatic heterocycles. The molecule has 0 aliphatic carbocycles. The van der Waals surface area contributed by atoms with Gasteiger partial charge in [0.25, 0.3) is 0 Å². The quantitative estimate of drug-likeness (QED) is 0.545. The van der Waals surface area contributed by atoms with Crippen LogP contribution in [0.15, 0.2) is 30.3 Å². The second kappa shape index (κ2) is 9.77. The van der Waals surface area contributed by atoms with Gasteiger partial charge in [0, 0.05) is 18.8 Å². The van der Waals surface area contributed by atoms with E-state index >= 15 is 0 Å². The Balaban J connectivity index is 2.23. The molecule has 0 saturated carbocycles. The van der Waals surface area contributed by atoms with Gasteiger partial charge in [0.2, 0.25) is 5.91 Å². The van der Waals surface area contributed by atoms with Crippen molar-refractivity contribution >= 4 is 17.6 Å². The zero-order valence-electron chi connectivity index (χ0n) is 12.6. The second-order valence-electron chi connectivity index (χ2n) is 4.73. The fourth-order valence-corrected chi connectivity index (χ4v) is 1.68.